The van der Waals surface area contributed by atoms with Gasteiger partial charge < -0.3 is 15.4 Å². The smallest absolute Gasteiger partial charge is 0.240 e. The highest BCUT2D eigenvalue weighted by Crippen LogP contribution is 2.38. The van der Waals surface area contributed by atoms with Gasteiger partial charge in [0.2, 0.25) is 11.0 Å². The van der Waals surface area contributed by atoms with Crippen LogP contribution in [0.15, 0.2) is 34.7 Å². The van der Waals surface area contributed by atoms with Crippen LogP contribution in [0.1, 0.15) is 10.8 Å². The number of carbonyl (C=O) groups excluding carboxylic acids is 1. The summed E-state index contributed by atoms with van der Waals surface area (Å²) in [6.45, 7) is 2.43. The van der Waals surface area contributed by atoms with E-state index in [0.29, 0.717) is 35.8 Å². The predicted molar refractivity (Wildman–Crippen MR) is 86.8 cm³/mol. The zero-order chi connectivity index (χ0) is 15.4. The molecule has 0 aliphatic carbocycles. The lowest BCUT2D eigenvalue weighted by molar-refractivity contribution is -0.134. The van der Waals surface area contributed by atoms with Crippen molar-refractivity contribution in [2.24, 2.45) is 0 Å². The van der Waals surface area contributed by atoms with Crippen LogP contribution in [0.2, 0.25) is 0 Å². The van der Waals surface area contributed by atoms with Crippen molar-refractivity contribution in [3.63, 3.8) is 0 Å². The fourth-order valence-electron chi connectivity index (χ4n) is 2.21. The van der Waals surface area contributed by atoms with Crippen molar-refractivity contribution in [3.8, 4) is 0 Å². The number of thioether (sulfide) groups is 1. The van der Waals surface area contributed by atoms with Gasteiger partial charge in [-0.05, 0) is 5.56 Å². The lowest BCUT2D eigenvalue weighted by Gasteiger charge is -2.30. The third-order valence-corrected chi connectivity index (χ3v) is 5.37. The second-order valence-electron chi connectivity index (χ2n) is 4.75. The van der Waals surface area contributed by atoms with Crippen molar-refractivity contribution in [2.45, 2.75) is 9.59 Å². The van der Waals surface area contributed by atoms with E-state index >= 15 is 0 Å². The van der Waals surface area contributed by atoms with Crippen LogP contribution < -0.4 is 5.73 Å². The number of morpholine rings is 1. The monoisotopic (exact) mass is 336 g/mol. The van der Waals surface area contributed by atoms with Crippen molar-refractivity contribution >= 4 is 34.1 Å². The predicted octanol–water partition coefficient (Wildman–Crippen LogP) is 1.81. The average Bonchev–Trinajstić information content (AvgIpc) is 2.99. The number of amides is 1. The summed E-state index contributed by atoms with van der Waals surface area (Å²) in [5.41, 5.74) is 6.59. The van der Waals surface area contributed by atoms with Crippen molar-refractivity contribution in [2.75, 3.05) is 32.0 Å². The molecule has 1 aliphatic rings. The van der Waals surface area contributed by atoms with E-state index in [4.69, 9.17) is 10.5 Å². The third kappa shape index (κ3) is 3.57. The van der Waals surface area contributed by atoms with Crippen LogP contribution in [0.5, 0.6) is 0 Å². The number of carbonyl (C=O) groups is 1. The molecule has 1 saturated heterocycles. The van der Waals surface area contributed by atoms with E-state index in [1.165, 1.54) is 23.1 Å². The number of hydrogen-bond donors (Lipinski definition) is 1. The highest BCUT2D eigenvalue weighted by molar-refractivity contribution is 8.01. The first kappa shape index (κ1) is 15.3. The van der Waals surface area contributed by atoms with Gasteiger partial charge in [0.05, 0.1) is 13.2 Å². The van der Waals surface area contributed by atoms with Gasteiger partial charge in [0.25, 0.3) is 0 Å². The standard InChI is InChI=1S/C14H16N4O2S2/c15-13-16-17-14(22-13)21-11(10-4-2-1-3-5-10)12(19)18-6-8-20-9-7-18/h1-5,11H,6-9H2,(H2,15,16). The molecule has 2 aromatic rings. The van der Waals surface area contributed by atoms with Crippen molar-refractivity contribution in [1.82, 2.24) is 15.1 Å². The molecule has 6 nitrogen and oxygen atoms in total. The molecule has 1 unspecified atom stereocenters. The molecule has 3 rings (SSSR count). The Kier molecular flexibility index (Phi) is 4.91. The van der Waals surface area contributed by atoms with Crippen LogP contribution in [-0.2, 0) is 9.53 Å². The maximum absolute atomic E-state index is 12.9. The molecule has 1 fully saturated rings. The first-order chi connectivity index (χ1) is 10.7. The number of rotatable bonds is 4. The fraction of sp³-hybridized carbons (Fsp3) is 0.357. The van der Waals surface area contributed by atoms with Gasteiger partial charge >= 0.3 is 0 Å². The van der Waals surface area contributed by atoms with Crippen molar-refractivity contribution in [3.05, 3.63) is 35.9 Å². The molecule has 1 amide bonds. The number of ether oxygens (including phenoxy) is 1. The molecular formula is C14H16N4O2S2. The van der Waals surface area contributed by atoms with E-state index in [2.05, 4.69) is 10.2 Å². The molecule has 1 aliphatic heterocycles. The lowest BCUT2D eigenvalue weighted by atomic mass is 10.1. The summed E-state index contributed by atoms with van der Waals surface area (Å²) in [7, 11) is 0. The van der Waals surface area contributed by atoms with Crippen LogP contribution in [0.4, 0.5) is 5.13 Å². The maximum Gasteiger partial charge on any atom is 0.240 e. The average molecular weight is 336 g/mol. The molecule has 8 heteroatoms. The zero-order valence-electron chi connectivity index (χ0n) is 11.8. The minimum atomic E-state index is -0.341. The van der Waals surface area contributed by atoms with E-state index in [1.807, 2.05) is 35.2 Å². The van der Waals surface area contributed by atoms with Gasteiger partial charge in [0, 0.05) is 13.1 Å². The lowest BCUT2D eigenvalue weighted by Crippen LogP contribution is -2.42. The molecule has 0 saturated carbocycles. The van der Waals surface area contributed by atoms with E-state index in [1.54, 1.807) is 0 Å². The van der Waals surface area contributed by atoms with Crippen molar-refractivity contribution in [1.29, 1.82) is 0 Å². The molecule has 1 aromatic heterocycles. The van der Waals surface area contributed by atoms with Crippen LogP contribution in [0.25, 0.3) is 0 Å². The number of nitrogen functional groups attached to an aromatic ring is 1. The fourth-order valence-corrected chi connectivity index (χ4v) is 4.12. The summed E-state index contributed by atoms with van der Waals surface area (Å²) >= 11 is 2.70. The first-order valence-corrected chi connectivity index (χ1v) is 8.61. The maximum atomic E-state index is 12.9. The Bertz CT molecular complexity index is 629. The highest BCUT2D eigenvalue weighted by atomic mass is 32.2. The van der Waals surface area contributed by atoms with Crippen LogP contribution in [0, 0.1) is 0 Å². The largest absolute Gasteiger partial charge is 0.378 e. The number of nitrogens with two attached hydrogens (primary N) is 1. The molecule has 0 bridgehead atoms. The van der Waals surface area contributed by atoms with Gasteiger partial charge in [-0.25, -0.2) is 0 Å². The summed E-state index contributed by atoms with van der Waals surface area (Å²) in [4.78, 5) is 14.7. The Balaban J connectivity index is 1.83. The Hall–Kier alpha value is -1.64. The molecule has 0 radical (unpaired) electrons. The van der Waals surface area contributed by atoms with Crippen LogP contribution >= 0.6 is 23.1 Å². The first-order valence-electron chi connectivity index (χ1n) is 6.91. The molecular weight excluding hydrogens is 320 g/mol. The summed E-state index contributed by atoms with van der Waals surface area (Å²) < 4.78 is 6.02. The summed E-state index contributed by atoms with van der Waals surface area (Å²) in [5, 5.41) is 7.90. The summed E-state index contributed by atoms with van der Waals surface area (Å²) in [5.74, 6) is 0.0771. The SMILES string of the molecule is Nc1nnc(SC(C(=O)N2CCOCC2)c2ccccc2)s1. The molecule has 1 atom stereocenters. The minimum Gasteiger partial charge on any atom is -0.378 e. The van der Waals surface area contributed by atoms with Gasteiger partial charge in [0.15, 0.2) is 4.34 Å². The molecule has 22 heavy (non-hydrogen) atoms. The van der Waals surface area contributed by atoms with Gasteiger partial charge in [-0.2, -0.15) is 0 Å². The molecule has 2 N–H and O–H groups in total. The minimum absolute atomic E-state index is 0.0771. The highest BCUT2D eigenvalue weighted by Gasteiger charge is 2.29. The summed E-state index contributed by atoms with van der Waals surface area (Å²) in [6.07, 6.45) is 0. The number of anilines is 1. The van der Waals surface area contributed by atoms with E-state index in [9.17, 15) is 4.79 Å². The van der Waals surface area contributed by atoms with Crippen molar-refractivity contribution < 1.29 is 9.53 Å². The van der Waals surface area contributed by atoms with Crippen LogP contribution in [-0.4, -0.2) is 47.3 Å². The second-order valence-corrected chi connectivity index (χ2v) is 7.11. The van der Waals surface area contributed by atoms with Gasteiger partial charge in [0.1, 0.15) is 5.25 Å². The quantitative estimate of drug-likeness (QED) is 0.858. The normalized spacial score (nSPS) is 16.5. The number of hydrogen-bond acceptors (Lipinski definition) is 7. The summed E-state index contributed by atoms with van der Waals surface area (Å²) in [6, 6.07) is 9.72. The van der Waals surface area contributed by atoms with Gasteiger partial charge in [-0.1, -0.05) is 53.4 Å². The Morgan fingerprint density at radius 3 is 2.64 bits per heavy atom. The molecule has 116 valence electrons. The van der Waals surface area contributed by atoms with E-state index in [0.717, 1.165) is 5.56 Å². The van der Waals surface area contributed by atoms with Crippen LogP contribution in [0.3, 0.4) is 0 Å². The van der Waals surface area contributed by atoms with Gasteiger partial charge in [-0.3, -0.25) is 4.79 Å². The second kappa shape index (κ2) is 7.08. The van der Waals surface area contributed by atoms with E-state index < -0.39 is 0 Å². The number of nitrogens with zero attached hydrogens (tertiary/aromatic N) is 3. The molecule has 0 spiro atoms. The Morgan fingerprint density at radius 1 is 1.27 bits per heavy atom. The topological polar surface area (TPSA) is 81.3 Å². The number of benzene rings is 1. The molecule has 1 aromatic carbocycles. The third-order valence-electron chi connectivity index (χ3n) is 3.29. The Labute approximate surface area is 136 Å². The number of aromatic nitrogens is 2. The molecule has 2 heterocycles. The Morgan fingerprint density at radius 2 is 2.00 bits per heavy atom. The van der Waals surface area contributed by atoms with E-state index in [-0.39, 0.29) is 11.2 Å². The zero-order valence-corrected chi connectivity index (χ0v) is 13.5. The van der Waals surface area contributed by atoms with Gasteiger partial charge in [-0.15, -0.1) is 10.2 Å².